The van der Waals surface area contributed by atoms with E-state index in [-0.39, 0.29) is 12.5 Å². The van der Waals surface area contributed by atoms with E-state index in [1.807, 2.05) is 0 Å². The number of carbonyl (C=O) groups excluding carboxylic acids is 1. The van der Waals surface area contributed by atoms with E-state index in [1.54, 1.807) is 12.3 Å². The molecule has 0 unspecified atom stereocenters. The normalized spacial score (nSPS) is 14.5. The first kappa shape index (κ1) is 6.90. The van der Waals surface area contributed by atoms with E-state index in [9.17, 15) is 4.79 Å². The van der Waals surface area contributed by atoms with Crippen molar-refractivity contribution in [1.29, 1.82) is 0 Å². The van der Waals surface area contributed by atoms with Gasteiger partial charge in [-0.15, -0.1) is 0 Å². The van der Waals surface area contributed by atoms with Gasteiger partial charge in [-0.05, 0) is 6.07 Å². The molecular weight excluding hydrogens is 156 g/mol. The highest BCUT2D eigenvalue weighted by molar-refractivity contribution is 6.00. The molecule has 0 atom stereocenters. The molecule has 2 heterocycles. The van der Waals surface area contributed by atoms with Gasteiger partial charge in [0.1, 0.15) is 5.82 Å². The van der Waals surface area contributed by atoms with Crippen molar-refractivity contribution >= 4 is 23.1 Å². The fourth-order valence-corrected chi connectivity index (χ4v) is 1.08. The van der Waals surface area contributed by atoms with Crippen LogP contribution in [0.5, 0.6) is 0 Å². The van der Waals surface area contributed by atoms with Crippen molar-refractivity contribution in [1.82, 2.24) is 4.98 Å². The lowest BCUT2D eigenvalue weighted by Gasteiger charge is -2.17. The van der Waals surface area contributed by atoms with Gasteiger partial charge in [0.25, 0.3) is 0 Å². The number of hydrogen-bond donors (Lipinski definition) is 3. The smallest absolute Gasteiger partial charge is 0.243 e. The summed E-state index contributed by atoms with van der Waals surface area (Å²) in [5, 5.41) is 5.52. The minimum atomic E-state index is -0.0742. The highest BCUT2D eigenvalue weighted by Gasteiger charge is 2.14. The monoisotopic (exact) mass is 164 g/mol. The third-order valence-electron chi connectivity index (χ3n) is 1.60. The van der Waals surface area contributed by atoms with Crippen molar-refractivity contribution in [3.8, 4) is 0 Å². The third-order valence-corrected chi connectivity index (χ3v) is 1.60. The van der Waals surface area contributed by atoms with Gasteiger partial charge >= 0.3 is 0 Å². The first-order chi connectivity index (χ1) is 5.75. The molecule has 4 N–H and O–H groups in total. The number of aromatic nitrogens is 1. The third kappa shape index (κ3) is 1.05. The average Bonchev–Trinajstić information content (AvgIpc) is 2.03. The number of pyridine rings is 1. The van der Waals surface area contributed by atoms with Gasteiger partial charge in [-0.1, -0.05) is 0 Å². The Morgan fingerprint density at radius 1 is 1.58 bits per heavy atom. The second-order valence-corrected chi connectivity index (χ2v) is 2.57. The predicted molar refractivity (Wildman–Crippen MR) is 45.8 cm³/mol. The zero-order valence-corrected chi connectivity index (χ0v) is 6.29. The lowest BCUT2D eigenvalue weighted by atomic mass is 10.3. The number of hydrogen-bond acceptors (Lipinski definition) is 4. The number of nitrogen functional groups attached to an aromatic ring is 1. The Bertz CT molecular complexity index is 336. The molecule has 0 aliphatic carbocycles. The summed E-state index contributed by atoms with van der Waals surface area (Å²) in [7, 11) is 0. The van der Waals surface area contributed by atoms with E-state index in [2.05, 4.69) is 15.6 Å². The molecule has 2 rings (SSSR count). The van der Waals surface area contributed by atoms with Crippen LogP contribution in [0.25, 0.3) is 0 Å². The molecule has 1 aromatic rings. The lowest BCUT2D eigenvalue weighted by molar-refractivity contribution is -0.114. The zero-order valence-electron chi connectivity index (χ0n) is 6.29. The summed E-state index contributed by atoms with van der Waals surface area (Å²) in [6.45, 7) is 0.268. The van der Waals surface area contributed by atoms with Gasteiger partial charge in [0.05, 0.1) is 24.1 Å². The van der Waals surface area contributed by atoms with Gasteiger partial charge in [-0.3, -0.25) is 4.79 Å². The molecule has 0 bridgehead atoms. The molecule has 0 saturated heterocycles. The number of amides is 1. The number of nitrogens with one attached hydrogen (secondary N) is 2. The molecule has 1 aliphatic heterocycles. The van der Waals surface area contributed by atoms with Gasteiger partial charge in [0, 0.05) is 0 Å². The Labute approximate surface area is 69.0 Å². The molecule has 5 heteroatoms. The van der Waals surface area contributed by atoms with Crippen molar-refractivity contribution < 1.29 is 4.79 Å². The van der Waals surface area contributed by atoms with E-state index >= 15 is 0 Å². The van der Waals surface area contributed by atoms with Gasteiger partial charge in [-0.25, -0.2) is 4.98 Å². The van der Waals surface area contributed by atoms with Crippen molar-refractivity contribution in [3.63, 3.8) is 0 Å². The topological polar surface area (TPSA) is 80.0 Å². The first-order valence-electron chi connectivity index (χ1n) is 3.55. The van der Waals surface area contributed by atoms with Crippen molar-refractivity contribution in [2.24, 2.45) is 0 Å². The molecule has 0 fully saturated rings. The predicted octanol–water partition coefficient (Wildman–Crippen LogP) is 0.0278. The molecule has 62 valence electrons. The molecule has 1 amide bonds. The SMILES string of the molecule is Nc1cnc2c(c1)NC(=O)CN2. The Morgan fingerprint density at radius 3 is 3.25 bits per heavy atom. The number of nitrogens with zero attached hydrogens (tertiary/aromatic N) is 1. The second kappa shape index (κ2) is 2.37. The van der Waals surface area contributed by atoms with Crippen molar-refractivity contribution in [2.75, 3.05) is 22.9 Å². The maximum atomic E-state index is 10.9. The molecule has 1 aromatic heterocycles. The summed E-state index contributed by atoms with van der Waals surface area (Å²) in [4.78, 5) is 14.9. The van der Waals surface area contributed by atoms with Gasteiger partial charge < -0.3 is 16.4 Å². The summed E-state index contributed by atoms with van der Waals surface area (Å²) in [5.41, 5.74) is 6.67. The zero-order chi connectivity index (χ0) is 8.55. The number of carbonyl (C=O) groups is 1. The number of anilines is 3. The minimum absolute atomic E-state index is 0.0742. The van der Waals surface area contributed by atoms with Gasteiger partial charge in [0.15, 0.2) is 0 Å². The highest BCUT2D eigenvalue weighted by atomic mass is 16.2. The van der Waals surface area contributed by atoms with Crippen LogP contribution in [-0.4, -0.2) is 17.4 Å². The maximum absolute atomic E-state index is 10.9. The van der Waals surface area contributed by atoms with Crippen molar-refractivity contribution in [2.45, 2.75) is 0 Å². The maximum Gasteiger partial charge on any atom is 0.243 e. The van der Waals surface area contributed by atoms with E-state index in [1.165, 1.54) is 0 Å². The standard InChI is InChI=1S/C7H8N4O/c8-4-1-5-7(9-2-4)10-3-6(12)11-5/h1-2H,3,8H2,(H,9,10)(H,11,12). The quantitative estimate of drug-likeness (QED) is 0.505. The van der Waals surface area contributed by atoms with Crippen LogP contribution < -0.4 is 16.4 Å². The van der Waals surface area contributed by atoms with Gasteiger partial charge in [0.2, 0.25) is 5.91 Å². The van der Waals surface area contributed by atoms with Crippen LogP contribution in [0.15, 0.2) is 12.3 Å². The van der Waals surface area contributed by atoms with Crippen LogP contribution in [0, 0.1) is 0 Å². The number of rotatable bonds is 0. The molecule has 1 aliphatic rings. The summed E-state index contributed by atoms with van der Waals surface area (Å²) < 4.78 is 0. The largest absolute Gasteiger partial charge is 0.397 e. The van der Waals surface area contributed by atoms with E-state index < -0.39 is 0 Å². The van der Waals surface area contributed by atoms with Crippen LogP contribution in [0.2, 0.25) is 0 Å². The molecule has 0 aromatic carbocycles. The number of fused-ring (bicyclic) bond motifs is 1. The van der Waals surface area contributed by atoms with Crippen LogP contribution in [0.1, 0.15) is 0 Å². The van der Waals surface area contributed by atoms with Crippen LogP contribution in [0.3, 0.4) is 0 Å². The number of nitrogens with two attached hydrogens (primary N) is 1. The van der Waals surface area contributed by atoms with E-state index in [0.717, 1.165) is 0 Å². The fraction of sp³-hybridized carbons (Fsp3) is 0.143. The average molecular weight is 164 g/mol. The first-order valence-corrected chi connectivity index (χ1v) is 3.55. The summed E-state index contributed by atoms with van der Waals surface area (Å²) in [5.74, 6) is 0.596. The van der Waals surface area contributed by atoms with Crippen LogP contribution >= 0.6 is 0 Å². The summed E-state index contributed by atoms with van der Waals surface area (Å²) >= 11 is 0. The molecule has 5 nitrogen and oxygen atoms in total. The van der Waals surface area contributed by atoms with Gasteiger partial charge in [-0.2, -0.15) is 0 Å². The Hall–Kier alpha value is -1.78. The highest BCUT2D eigenvalue weighted by Crippen LogP contribution is 2.23. The van der Waals surface area contributed by atoms with Crippen LogP contribution in [0.4, 0.5) is 17.2 Å². The molecular formula is C7H8N4O. The second-order valence-electron chi connectivity index (χ2n) is 2.57. The molecule has 0 saturated carbocycles. The van der Waals surface area contributed by atoms with Crippen molar-refractivity contribution in [3.05, 3.63) is 12.3 Å². The minimum Gasteiger partial charge on any atom is -0.397 e. The fourth-order valence-electron chi connectivity index (χ4n) is 1.08. The Morgan fingerprint density at radius 2 is 2.42 bits per heavy atom. The molecule has 0 spiro atoms. The summed E-state index contributed by atoms with van der Waals surface area (Å²) in [6, 6.07) is 1.67. The molecule has 12 heavy (non-hydrogen) atoms. The summed E-state index contributed by atoms with van der Waals surface area (Å²) in [6.07, 6.45) is 1.54. The Balaban J connectivity index is 2.44. The van der Waals surface area contributed by atoms with E-state index in [4.69, 9.17) is 5.73 Å². The van der Waals surface area contributed by atoms with E-state index in [0.29, 0.717) is 17.2 Å². The lowest BCUT2D eigenvalue weighted by Crippen LogP contribution is -2.28. The molecule has 0 radical (unpaired) electrons. The van der Waals surface area contributed by atoms with Crippen LogP contribution in [-0.2, 0) is 4.79 Å². The Kier molecular flexibility index (Phi) is 1.36.